The fraction of sp³-hybridized carbons (Fsp3) is 0.200. The van der Waals surface area contributed by atoms with Gasteiger partial charge >= 0.3 is 0 Å². The maximum absolute atomic E-state index is 14.2. The summed E-state index contributed by atoms with van der Waals surface area (Å²) in [6.07, 6.45) is 1.44. The van der Waals surface area contributed by atoms with Crippen molar-refractivity contribution in [3.8, 4) is 0 Å². The molecular formula is C15H11BBrFN2O2. The van der Waals surface area contributed by atoms with Gasteiger partial charge in [0.1, 0.15) is 11.4 Å². The number of halogens is 2. The van der Waals surface area contributed by atoms with Crippen LogP contribution in [0.4, 0.5) is 4.39 Å². The normalized spacial score (nSPS) is 20.4. The van der Waals surface area contributed by atoms with Crippen molar-refractivity contribution in [3.05, 3.63) is 63.1 Å². The van der Waals surface area contributed by atoms with Gasteiger partial charge in [-0.3, -0.25) is 9.78 Å². The summed E-state index contributed by atoms with van der Waals surface area (Å²) in [7, 11) is 5.87. The highest BCUT2D eigenvalue weighted by atomic mass is 79.9. The molecule has 110 valence electrons. The van der Waals surface area contributed by atoms with Crippen LogP contribution in [0.25, 0.3) is 0 Å². The minimum atomic E-state index is -2.06. The first-order valence-corrected chi connectivity index (χ1v) is 7.35. The Hall–Kier alpha value is -1.73. The Bertz CT molecular complexity index is 759. The fourth-order valence-corrected chi connectivity index (χ4v) is 3.13. The lowest BCUT2D eigenvalue weighted by Crippen LogP contribution is -2.44. The molecule has 1 aromatic carbocycles. The van der Waals surface area contributed by atoms with Crippen LogP contribution >= 0.6 is 15.9 Å². The van der Waals surface area contributed by atoms with Crippen molar-refractivity contribution in [1.29, 1.82) is 0 Å². The number of hydrogen-bond donors (Lipinski definition) is 1. The molecule has 0 bridgehead atoms. The van der Waals surface area contributed by atoms with Crippen LogP contribution < -0.4 is 0 Å². The Kier molecular flexibility index (Phi) is 3.57. The zero-order valence-corrected chi connectivity index (χ0v) is 13.3. The summed E-state index contributed by atoms with van der Waals surface area (Å²) in [6.45, 7) is 1.58. The van der Waals surface area contributed by atoms with E-state index in [1.165, 1.54) is 18.3 Å². The Morgan fingerprint density at radius 2 is 2.23 bits per heavy atom. The predicted octanol–water partition coefficient (Wildman–Crippen LogP) is 2.22. The molecule has 1 atom stereocenters. The van der Waals surface area contributed by atoms with Gasteiger partial charge in [0.25, 0.3) is 5.91 Å². The summed E-state index contributed by atoms with van der Waals surface area (Å²) in [5.41, 5.74) is -0.801. The summed E-state index contributed by atoms with van der Waals surface area (Å²) < 4.78 is 14.8. The Morgan fingerprint density at radius 3 is 2.86 bits per heavy atom. The summed E-state index contributed by atoms with van der Waals surface area (Å²) >= 11 is 3.21. The molecule has 0 saturated carbocycles. The number of carbonyl (C=O) groups is 1. The summed E-state index contributed by atoms with van der Waals surface area (Å²) in [4.78, 5) is 17.4. The van der Waals surface area contributed by atoms with Gasteiger partial charge in [0.15, 0.2) is 7.85 Å². The van der Waals surface area contributed by atoms with Crippen LogP contribution in [0.1, 0.15) is 27.2 Å². The van der Waals surface area contributed by atoms with Crippen LogP contribution in [-0.2, 0) is 12.2 Å². The minimum Gasteiger partial charge on any atom is -0.374 e. The Morgan fingerprint density at radius 1 is 1.50 bits per heavy atom. The predicted molar refractivity (Wildman–Crippen MR) is 82.6 cm³/mol. The molecule has 1 aliphatic rings. The topological polar surface area (TPSA) is 53.4 Å². The number of hydrogen-bond acceptors (Lipinski definition) is 3. The quantitative estimate of drug-likeness (QED) is 0.835. The summed E-state index contributed by atoms with van der Waals surface area (Å²) in [6, 6.07) is 6.17. The van der Waals surface area contributed by atoms with Crippen molar-refractivity contribution < 1.29 is 14.3 Å². The average Bonchev–Trinajstić information content (AvgIpc) is 2.63. The van der Waals surface area contributed by atoms with E-state index < -0.39 is 17.3 Å². The van der Waals surface area contributed by atoms with E-state index in [0.29, 0.717) is 15.6 Å². The largest absolute Gasteiger partial charge is 0.374 e. The number of aliphatic hydroxyl groups is 1. The molecule has 7 heteroatoms. The van der Waals surface area contributed by atoms with Crippen molar-refractivity contribution in [2.45, 2.75) is 19.1 Å². The summed E-state index contributed by atoms with van der Waals surface area (Å²) in [5.74, 6) is -0.950. The molecule has 3 rings (SSSR count). The molecule has 2 aromatic rings. The molecule has 1 N–H and O–H groups in total. The highest BCUT2D eigenvalue weighted by Crippen LogP contribution is 2.35. The van der Waals surface area contributed by atoms with Crippen LogP contribution in [-0.4, -0.2) is 28.7 Å². The van der Waals surface area contributed by atoms with Gasteiger partial charge < -0.3 is 10.0 Å². The van der Waals surface area contributed by atoms with Crippen molar-refractivity contribution in [1.82, 2.24) is 9.88 Å². The van der Waals surface area contributed by atoms with Crippen LogP contribution in [0.5, 0.6) is 0 Å². The molecule has 0 fully saturated rings. The number of fused-ring (bicyclic) bond motifs is 1. The molecular weight excluding hydrogens is 350 g/mol. The van der Waals surface area contributed by atoms with Gasteiger partial charge in [0.2, 0.25) is 0 Å². The minimum absolute atomic E-state index is 0.0789. The van der Waals surface area contributed by atoms with Gasteiger partial charge in [0, 0.05) is 16.2 Å². The Balaban J connectivity index is 2.03. The number of amides is 1. The maximum atomic E-state index is 14.2. The van der Waals surface area contributed by atoms with Gasteiger partial charge in [0.05, 0.1) is 17.8 Å². The van der Waals surface area contributed by atoms with E-state index in [-0.39, 0.29) is 17.8 Å². The highest BCUT2D eigenvalue weighted by molar-refractivity contribution is 9.10. The summed E-state index contributed by atoms with van der Waals surface area (Å²) in [5, 5.41) is 10.5. The van der Waals surface area contributed by atoms with E-state index >= 15 is 0 Å². The first-order valence-electron chi connectivity index (χ1n) is 6.55. The van der Waals surface area contributed by atoms with Gasteiger partial charge in [-0.1, -0.05) is 15.9 Å². The van der Waals surface area contributed by atoms with Crippen LogP contribution in [0.3, 0.4) is 0 Å². The highest BCUT2D eigenvalue weighted by Gasteiger charge is 2.45. The van der Waals surface area contributed by atoms with Crippen molar-refractivity contribution >= 4 is 29.7 Å². The zero-order valence-electron chi connectivity index (χ0n) is 11.7. The van der Waals surface area contributed by atoms with Crippen molar-refractivity contribution in [3.63, 3.8) is 0 Å². The van der Waals surface area contributed by atoms with E-state index in [0.717, 1.165) is 4.90 Å². The van der Waals surface area contributed by atoms with Gasteiger partial charge in [-0.25, -0.2) is 4.39 Å². The van der Waals surface area contributed by atoms with Crippen LogP contribution in [0.15, 0.2) is 34.9 Å². The molecule has 0 saturated heterocycles. The molecule has 4 nitrogen and oxygen atoms in total. The van der Waals surface area contributed by atoms with Gasteiger partial charge in [-0.15, -0.1) is 0 Å². The SMILES string of the molecule is [B]C1(O)c2ncccc2C(=O)N1Cc1c(C)cc(Br)cc1F. The number of rotatable bonds is 2. The third kappa shape index (κ3) is 2.25. The van der Waals surface area contributed by atoms with E-state index in [1.54, 1.807) is 19.1 Å². The van der Waals surface area contributed by atoms with Gasteiger partial charge in [-0.2, -0.15) is 0 Å². The maximum Gasteiger partial charge on any atom is 0.258 e. The molecule has 0 aliphatic carbocycles. The molecule has 1 amide bonds. The van der Waals surface area contributed by atoms with Crippen LogP contribution in [0, 0.1) is 12.7 Å². The lowest BCUT2D eigenvalue weighted by Gasteiger charge is -2.31. The molecule has 0 spiro atoms. The molecule has 1 aromatic heterocycles. The zero-order chi connectivity index (χ0) is 16.1. The lowest BCUT2D eigenvalue weighted by atomic mass is 9.87. The number of aromatic nitrogens is 1. The smallest absolute Gasteiger partial charge is 0.258 e. The third-order valence-corrected chi connectivity index (χ3v) is 4.20. The van der Waals surface area contributed by atoms with E-state index in [9.17, 15) is 14.3 Å². The molecule has 22 heavy (non-hydrogen) atoms. The van der Waals surface area contributed by atoms with Crippen molar-refractivity contribution in [2.24, 2.45) is 0 Å². The number of pyridine rings is 1. The molecule has 1 aliphatic heterocycles. The second-order valence-electron chi connectivity index (χ2n) is 5.20. The van der Waals surface area contributed by atoms with Gasteiger partial charge in [-0.05, 0) is 36.8 Å². The molecule has 2 radical (unpaired) electrons. The molecule has 1 unspecified atom stereocenters. The standard InChI is InChI=1S/C15H11BBrFN2O2/c1-8-5-9(17)6-12(18)11(8)7-20-14(21)10-3-2-4-19-13(10)15(20,16)22/h2-6,22H,7H2,1H3. The van der Waals surface area contributed by atoms with Crippen LogP contribution in [0.2, 0.25) is 0 Å². The fourth-order valence-electron chi connectivity index (χ4n) is 2.58. The third-order valence-electron chi connectivity index (χ3n) is 3.74. The average molecular weight is 361 g/mol. The monoisotopic (exact) mass is 360 g/mol. The lowest BCUT2D eigenvalue weighted by molar-refractivity contribution is -0.0228. The number of carbonyl (C=O) groups excluding carboxylic acids is 1. The first-order chi connectivity index (χ1) is 10.3. The first kappa shape index (κ1) is 15.2. The second kappa shape index (κ2) is 5.17. The second-order valence-corrected chi connectivity index (χ2v) is 6.12. The number of aryl methyl sites for hydroxylation is 1. The number of nitrogens with zero attached hydrogens (tertiary/aromatic N) is 2. The number of benzene rings is 1. The van der Waals surface area contributed by atoms with Crippen molar-refractivity contribution in [2.75, 3.05) is 0 Å². The van der Waals surface area contributed by atoms with E-state index in [2.05, 4.69) is 20.9 Å². The van der Waals surface area contributed by atoms with E-state index in [4.69, 9.17) is 7.85 Å². The van der Waals surface area contributed by atoms with E-state index in [1.807, 2.05) is 0 Å². The molecule has 2 heterocycles. The Labute approximate surface area is 136 Å².